The van der Waals surface area contributed by atoms with E-state index in [0.717, 1.165) is 39.0 Å². The molecule has 124 valence electrons. The second kappa shape index (κ2) is 5.63. The summed E-state index contributed by atoms with van der Waals surface area (Å²) in [5.74, 6) is -0.335. The van der Waals surface area contributed by atoms with Crippen LogP contribution >= 0.6 is 11.3 Å². The number of thiazole rings is 1. The third-order valence-corrected chi connectivity index (χ3v) is 5.37. The highest BCUT2D eigenvalue weighted by atomic mass is 32.1. The first-order valence-corrected chi connectivity index (χ1v) is 8.85. The summed E-state index contributed by atoms with van der Waals surface area (Å²) in [4.78, 5) is 18.2. The van der Waals surface area contributed by atoms with Crippen LogP contribution in [0.5, 0.6) is 5.75 Å². The molecule has 1 aliphatic carbocycles. The minimum absolute atomic E-state index is 0.143. The molecule has 0 amide bonds. The van der Waals surface area contributed by atoms with Crippen molar-refractivity contribution in [1.82, 2.24) is 9.38 Å². The Morgan fingerprint density at radius 1 is 1.38 bits per heavy atom. The summed E-state index contributed by atoms with van der Waals surface area (Å²) >= 11 is 1.60. The summed E-state index contributed by atoms with van der Waals surface area (Å²) in [5, 5.41) is 9.42. The average molecular weight is 342 g/mol. The number of fused-ring (bicyclic) bond motifs is 3. The van der Waals surface area contributed by atoms with Gasteiger partial charge in [0.1, 0.15) is 5.75 Å². The highest BCUT2D eigenvalue weighted by Crippen LogP contribution is 2.39. The molecular formula is C18H18N2O3S. The number of aryl methyl sites for hydroxylation is 1. The van der Waals surface area contributed by atoms with E-state index in [2.05, 4.69) is 4.98 Å². The van der Waals surface area contributed by atoms with Crippen molar-refractivity contribution < 1.29 is 14.6 Å². The fraction of sp³-hybridized carbons (Fsp3) is 0.333. The number of nitrogens with zero attached hydrogens (tertiary/aromatic N) is 2. The van der Waals surface area contributed by atoms with Crippen LogP contribution in [0.1, 0.15) is 36.8 Å². The van der Waals surface area contributed by atoms with Crippen molar-refractivity contribution in [3.63, 3.8) is 0 Å². The van der Waals surface area contributed by atoms with Gasteiger partial charge in [0, 0.05) is 16.6 Å². The van der Waals surface area contributed by atoms with E-state index in [4.69, 9.17) is 4.74 Å². The van der Waals surface area contributed by atoms with Gasteiger partial charge in [-0.1, -0.05) is 0 Å². The lowest BCUT2D eigenvalue weighted by Crippen LogP contribution is -2.09. The first-order valence-electron chi connectivity index (χ1n) is 8.03. The third kappa shape index (κ3) is 2.47. The Morgan fingerprint density at radius 2 is 2.12 bits per heavy atom. The molecule has 0 saturated heterocycles. The Balaban J connectivity index is 1.70. The molecular weight excluding hydrogens is 324 g/mol. The number of ether oxygens (including phenoxy) is 1. The first-order chi connectivity index (χ1) is 11.5. The Morgan fingerprint density at radius 3 is 2.79 bits per heavy atom. The van der Waals surface area contributed by atoms with Gasteiger partial charge in [-0.05, 0) is 51.0 Å². The van der Waals surface area contributed by atoms with Gasteiger partial charge in [0.05, 0.1) is 23.4 Å². The van der Waals surface area contributed by atoms with Crippen molar-refractivity contribution in [3.05, 3.63) is 41.0 Å². The van der Waals surface area contributed by atoms with Gasteiger partial charge in [-0.25, -0.2) is 4.98 Å². The highest BCUT2D eigenvalue weighted by Gasteiger charge is 2.33. The molecule has 0 radical (unpaired) electrons. The maximum atomic E-state index is 11.5. The number of carboxylic acid groups (broad SMARTS) is 1. The predicted molar refractivity (Wildman–Crippen MR) is 93.0 cm³/mol. The van der Waals surface area contributed by atoms with E-state index in [-0.39, 0.29) is 6.10 Å². The normalized spacial score (nSPS) is 16.7. The molecule has 0 fully saturated rings. The van der Waals surface area contributed by atoms with Crippen molar-refractivity contribution in [3.8, 4) is 17.0 Å². The van der Waals surface area contributed by atoms with Gasteiger partial charge in [-0.2, -0.15) is 0 Å². The SMILES string of the molecule is CC(C)Oc1ccc(-c2cn3c4c(sc3n2)CCC4C(=O)O)cc1. The standard InChI is InChI=1S/C18H18N2O3S/c1-10(2)23-12-5-3-11(4-6-12)14-9-20-16-13(17(21)22)7-8-15(16)24-18(20)19-14/h3-6,9-10,13H,7-8H2,1-2H3,(H,21,22). The third-order valence-electron chi connectivity index (χ3n) is 4.24. The van der Waals surface area contributed by atoms with E-state index in [1.165, 1.54) is 0 Å². The van der Waals surface area contributed by atoms with Gasteiger partial charge in [-0.3, -0.25) is 9.20 Å². The lowest BCUT2D eigenvalue weighted by Gasteiger charge is -2.09. The largest absolute Gasteiger partial charge is 0.491 e. The minimum atomic E-state index is -0.751. The summed E-state index contributed by atoms with van der Waals surface area (Å²) in [6.07, 6.45) is 3.60. The molecule has 1 unspecified atom stereocenters. The smallest absolute Gasteiger partial charge is 0.312 e. The highest BCUT2D eigenvalue weighted by molar-refractivity contribution is 7.17. The number of carboxylic acids is 1. The molecule has 4 rings (SSSR count). The van der Waals surface area contributed by atoms with Crippen LogP contribution in [0.4, 0.5) is 0 Å². The van der Waals surface area contributed by atoms with E-state index < -0.39 is 11.9 Å². The molecule has 5 nitrogen and oxygen atoms in total. The molecule has 2 aromatic heterocycles. The molecule has 1 aliphatic rings. The first kappa shape index (κ1) is 15.2. The molecule has 0 bridgehead atoms. The molecule has 6 heteroatoms. The Labute approximate surface area is 143 Å². The minimum Gasteiger partial charge on any atom is -0.491 e. The Bertz CT molecular complexity index is 908. The van der Waals surface area contributed by atoms with Gasteiger partial charge in [-0.15, -0.1) is 11.3 Å². The fourth-order valence-electron chi connectivity index (χ4n) is 3.21. The molecule has 0 spiro atoms. The lowest BCUT2D eigenvalue weighted by molar-refractivity contribution is -0.138. The van der Waals surface area contributed by atoms with Gasteiger partial charge in [0.15, 0.2) is 4.96 Å². The molecule has 24 heavy (non-hydrogen) atoms. The summed E-state index contributed by atoms with van der Waals surface area (Å²) < 4.78 is 7.62. The van der Waals surface area contributed by atoms with Gasteiger partial charge in [0.25, 0.3) is 0 Å². The molecule has 1 atom stereocenters. The van der Waals surface area contributed by atoms with Crippen molar-refractivity contribution in [2.45, 2.75) is 38.7 Å². The van der Waals surface area contributed by atoms with Crippen LogP contribution in [0, 0.1) is 0 Å². The van der Waals surface area contributed by atoms with Crippen LogP contribution in [-0.4, -0.2) is 26.6 Å². The second-order valence-corrected chi connectivity index (χ2v) is 7.37. The molecule has 2 heterocycles. The van der Waals surface area contributed by atoms with E-state index in [0.29, 0.717) is 6.42 Å². The number of hydrogen-bond acceptors (Lipinski definition) is 4. The monoisotopic (exact) mass is 342 g/mol. The van der Waals surface area contributed by atoms with E-state index in [1.54, 1.807) is 11.3 Å². The maximum absolute atomic E-state index is 11.5. The van der Waals surface area contributed by atoms with Gasteiger partial charge >= 0.3 is 5.97 Å². The van der Waals surface area contributed by atoms with Gasteiger partial charge in [0.2, 0.25) is 0 Å². The number of aliphatic carboxylic acids is 1. The average Bonchev–Trinajstić information content (AvgIpc) is 3.17. The zero-order valence-electron chi connectivity index (χ0n) is 13.5. The number of rotatable bonds is 4. The van der Waals surface area contributed by atoms with Crippen molar-refractivity contribution in [2.75, 3.05) is 0 Å². The molecule has 3 aromatic rings. The summed E-state index contributed by atoms with van der Waals surface area (Å²) in [6, 6.07) is 7.85. The number of aromatic nitrogens is 2. The van der Waals surface area contributed by atoms with E-state index in [1.807, 2.05) is 48.7 Å². The molecule has 1 aromatic carbocycles. The summed E-state index contributed by atoms with van der Waals surface area (Å²) in [5.41, 5.74) is 2.76. The summed E-state index contributed by atoms with van der Waals surface area (Å²) in [7, 11) is 0. The Kier molecular flexibility index (Phi) is 3.57. The number of benzene rings is 1. The van der Waals surface area contributed by atoms with Crippen molar-refractivity contribution in [2.24, 2.45) is 0 Å². The van der Waals surface area contributed by atoms with Crippen LogP contribution in [0.15, 0.2) is 30.5 Å². The van der Waals surface area contributed by atoms with Crippen LogP contribution in [-0.2, 0) is 11.2 Å². The zero-order chi connectivity index (χ0) is 16.8. The molecule has 0 aliphatic heterocycles. The van der Waals surface area contributed by atoms with Crippen LogP contribution in [0.3, 0.4) is 0 Å². The number of imidazole rings is 1. The summed E-state index contributed by atoms with van der Waals surface area (Å²) in [6.45, 7) is 3.99. The van der Waals surface area contributed by atoms with E-state index in [9.17, 15) is 9.90 Å². The van der Waals surface area contributed by atoms with Crippen molar-refractivity contribution in [1.29, 1.82) is 0 Å². The quantitative estimate of drug-likeness (QED) is 0.779. The van der Waals surface area contributed by atoms with Crippen molar-refractivity contribution >= 4 is 22.3 Å². The maximum Gasteiger partial charge on any atom is 0.312 e. The number of carbonyl (C=O) groups is 1. The molecule has 0 saturated carbocycles. The van der Waals surface area contributed by atoms with Crippen LogP contribution in [0.2, 0.25) is 0 Å². The predicted octanol–water partition coefficient (Wildman–Crippen LogP) is 3.96. The second-order valence-electron chi connectivity index (χ2n) is 6.31. The van der Waals surface area contributed by atoms with Crippen LogP contribution < -0.4 is 4.74 Å². The van der Waals surface area contributed by atoms with Crippen LogP contribution in [0.25, 0.3) is 16.2 Å². The molecule has 1 N–H and O–H groups in total. The van der Waals surface area contributed by atoms with Gasteiger partial charge < -0.3 is 9.84 Å². The number of hydrogen-bond donors (Lipinski definition) is 1. The topological polar surface area (TPSA) is 63.8 Å². The zero-order valence-corrected chi connectivity index (χ0v) is 14.3. The Hall–Kier alpha value is -2.34. The lowest BCUT2D eigenvalue weighted by atomic mass is 10.1. The van der Waals surface area contributed by atoms with E-state index >= 15 is 0 Å². The fourth-order valence-corrected chi connectivity index (χ4v) is 4.39.